The Labute approximate surface area is 128 Å². The van der Waals surface area contributed by atoms with Crippen LogP contribution in [-0.2, 0) is 0 Å². The molecule has 1 aromatic heterocycles. The summed E-state index contributed by atoms with van der Waals surface area (Å²) in [5.74, 6) is 5.18. The molecule has 4 rings (SSSR count). The summed E-state index contributed by atoms with van der Waals surface area (Å²) in [6.45, 7) is 5.55. The molecule has 3 heteroatoms. The second-order valence-corrected chi connectivity index (χ2v) is 8.81. The minimum absolute atomic E-state index is 0.608. The summed E-state index contributed by atoms with van der Waals surface area (Å²) in [6, 6.07) is 2.90. The monoisotopic (exact) mass is 339 g/mol. The smallest absolute Gasteiger partial charge is 0.0460 e. The van der Waals surface area contributed by atoms with E-state index >= 15 is 0 Å². The van der Waals surface area contributed by atoms with E-state index in [1.165, 1.54) is 22.2 Å². The number of halogens is 1. The second kappa shape index (κ2) is 4.57. The Morgan fingerprint density at radius 1 is 1.37 bits per heavy atom. The van der Waals surface area contributed by atoms with Crippen molar-refractivity contribution in [3.8, 4) is 0 Å². The van der Waals surface area contributed by atoms with Gasteiger partial charge in [0.2, 0.25) is 0 Å². The minimum Gasteiger partial charge on any atom is -0.309 e. The molecule has 0 saturated heterocycles. The number of aryl methyl sites for hydroxylation is 1. The van der Waals surface area contributed by atoms with Crippen molar-refractivity contribution in [2.75, 3.05) is 6.54 Å². The third-order valence-corrected chi connectivity index (χ3v) is 7.77. The SMILES string of the molecule is CCNC(c1sc(C)cc1Br)C1C2C3CCC(C3)C21. The molecule has 0 amide bonds. The molecule has 3 aliphatic carbocycles. The van der Waals surface area contributed by atoms with Gasteiger partial charge in [-0.3, -0.25) is 0 Å². The zero-order chi connectivity index (χ0) is 13.1. The molecule has 5 unspecified atom stereocenters. The molecule has 3 saturated carbocycles. The maximum atomic E-state index is 3.79. The van der Waals surface area contributed by atoms with E-state index in [2.05, 4.69) is 41.2 Å². The predicted molar refractivity (Wildman–Crippen MR) is 84.5 cm³/mol. The third-order valence-electron chi connectivity index (χ3n) is 5.72. The van der Waals surface area contributed by atoms with Crippen molar-refractivity contribution in [1.82, 2.24) is 5.32 Å². The molecular formula is C16H22BrNS. The second-order valence-electron chi connectivity index (χ2n) is 6.67. The van der Waals surface area contributed by atoms with Crippen LogP contribution in [0.25, 0.3) is 0 Å². The highest BCUT2D eigenvalue weighted by Crippen LogP contribution is 2.72. The number of nitrogens with one attached hydrogen (secondary N) is 1. The molecule has 1 heterocycles. The third kappa shape index (κ3) is 1.88. The van der Waals surface area contributed by atoms with Gasteiger partial charge in [-0.15, -0.1) is 11.3 Å². The number of fused-ring (bicyclic) bond motifs is 5. The van der Waals surface area contributed by atoms with Gasteiger partial charge in [0, 0.05) is 20.3 Å². The molecule has 0 spiro atoms. The first-order chi connectivity index (χ1) is 9.20. The molecule has 3 aliphatic rings. The summed E-state index contributed by atoms with van der Waals surface area (Å²) in [7, 11) is 0. The average Bonchev–Trinajstić information content (AvgIpc) is 2.70. The molecular weight excluding hydrogens is 318 g/mol. The number of rotatable bonds is 4. The van der Waals surface area contributed by atoms with Crippen LogP contribution in [-0.4, -0.2) is 6.54 Å². The van der Waals surface area contributed by atoms with E-state index in [1.807, 2.05) is 11.3 Å². The fourth-order valence-electron chi connectivity index (χ4n) is 5.18. The van der Waals surface area contributed by atoms with Gasteiger partial charge < -0.3 is 5.32 Å². The summed E-state index contributed by atoms with van der Waals surface area (Å²) in [4.78, 5) is 2.98. The molecule has 0 radical (unpaired) electrons. The lowest BCUT2D eigenvalue weighted by Gasteiger charge is -2.21. The molecule has 2 bridgehead atoms. The average molecular weight is 340 g/mol. The molecule has 1 nitrogen and oxygen atoms in total. The van der Waals surface area contributed by atoms with Crippen molar-refractivity contribution in [3.05, 3.63) is 20.3 Å². The van der Waals surface area contributed by atoms with Gasteiger partial charge in [0.05, 0.1) is 0 Å². The standard InChI is InChI=1S/C16H22BrNS/c1-3-18-15(16-11(17)6-8(2)19-16)14-12-9-4-5-10(7-9)13(12)14/h6,9-10,12-15,18H,3-5,7H2,1-2H3. The summed E-state index contributed by atoms with van der Waals surface area (Å²) in [6.07, 6.45) is 4.59. The van der Waals surface area contributed by atoms with E-state index in [1.54, 1.807) is 11.3 Å². The van der Waals surface area contributed by atoms with E-state index in [4.69, 9.17) is 0 Å². The van der Waals surface area contributed by atoms with E-state index in [0.717, 1.165) is 36.1 Å². The largest absolute Gasteiger partial charge is 0.309 e. The van der Waals surface area contributed by atoms with Crippen molar-refractivity contribution in [2.45, 2.75) is 39.2 Å². The molecule has 19 heavy (non-hydrogen) atoms. The highest BCUT2D eigenvalue weighted by molar-refractivity contribution is 9.10. The lowest BCUT2D eigenvalue weighted by molar-refractivity contribution is 0.377. The maximum Gasteiger partial charge on any atom is 0.0460 e. The molecule has 104 valence electrons. The Morgan fingerprint density at radius 3 is 2.58 bits per heavy atom. The molecule has 0 aromatic carbocycles. The van der Waals surface area contributed by atoms with Crippen molar-refractivity contribution < 1.29 is 0 Å². The van der Waals surface area contributed by atoms with Crippen LogP contribution in [0, 0.1) is 36.5 Å². The Kier molecular flexibility index (Phi) is 3.09. The molecule has 0 aliphatic heterocycles. The zero-order valence-corrected chi connectivity index (χ0v) is 14.1. The van der Waals surface area contributed by atoms with Crippen molar-refractivity contribution >= 4 is 27.3 Å². The highest BCUT2D eigenvalue weighted by atomic mass is 79.9. The van der Waals surface area contributed by atoms with Gasteiger partial charge in [-0.25, -0.2) is 0 Å². The Bertz CT molecular complexity index is 481. The molecule has 1 aromatic rings. The molecule has 5 atom stereocenters. The number of thiophene rings is 1. The van der Waals surface area contributed by atoms with Gasteiger partial charge in [0.15, 0.2) is 0 Å². The minimum atomic E-state index is 0.608. The van der Waals surface area contributed by atoms with E-state index in [0.29, 0.717) is 6.04 Å². The highest BCUT2D eigenvalue weighted by Gasteiger charge is 2.66. The van der Waals surface area contributed by atoms with Gasteiger partial charge >= 0.3 is 0 Å². The lowest BCUT2D eigenvalue weighted by Crippen LogP contribution is -2.24. The first-order valence-electron chi connectivity index (χ1n) is 7.70. The van der Waals surface area contributed by atoms with Crippen LogP contribution in [0.3, 0.4) is 0 Å². The van der Waals surface area contributed by atoms with Crippen molar-refractivity contribution in [1.29, 1.82) is 0 Å². The summed E-state index contributed by atoms with van der Waals surface area (Å²) in [5.41, 5.74) is 0. The van der Waals surface area contributed by atoms with Gasteiger partial charge in [-0.1, -0.05) is 6.92 Å². The fourth-order valence-corrected chi connectivity index (χ4v) is 7.21. The van der Waals surface area contributed by atoms with Crippen LogP contribution in [0.15, 0.2) is 10.5 Å². The first kappa shape index (κ1) is 12.8. The quantitative estimate of drug-likeness (QED) is 0.833. The normalized spacial score (nSPS) is 40.5. The van der Waals surface area contributed by atoms with Crippen LogP contribution < -0.4 is 5.32 Å². The molecule has 1 N–H and O–H groups in total. The Morgan fingerprint density at radius 2 is 2.05 bits per heavy atom. The maximum absolute atomic E-state index is 3.79. The van der Waals surface area contributed by atoms with E-state index in [-0.39, 0.29) is 0 Å². The van der Waals surface area contributed by atoms with Gasteiger partial charge in [0.25, 0.3) is 0 Å². The first-order valence-corrected chi connectivity index (χ1v) is 9.31. The Balaban J connectivity index is 1.62. The van der Waals surface area contributed by atoms with Crippen molar-refractivity contribution in [3.63, 3.8) is 0 Å². The van der Waals surface area contributed by atoms with Crippen LogP contribution in [0.4, 0.5) is 0 Å². The number of hydrogen-bond donors (Lipinski definition) is 1. The number of hydrogen-bond acceptors (Lipinski definition) is 2. The fraction of sp³-hybridized carbons (Fsp3) is 0.750. The van der Waals surface area contributed by atoms with Crippen molar-refractivity contribution in [2.24, 2.45) is 29.6 Å². The van der Waals surface area contributed by atoms with E-state index < -0.39 is 0 Å². The van der Waals surface area contributed by atoms with E-state index in [9.17, 15) is 0 Å². The summed E-state index contributed by atoms with van der Waals surface area (Å²) >= 11 is 5.76. The topological polar surface area (TPSA) is 12.0 Å². The Hall–Kier alpha value is 0.140. The predicted octanol–water partition coefficient (Wildman–Crippen LogP) is 4.76. The summed E-state index contributed by atoms with van der Waals surface area (Å²) < 4.78 is 1.33. The van der Waals surface area contributed by atoms with Crippen LogP contribution in [0.1, 0.15) is 42.0 Å². The van der Waals surface area contributed by atoms with Gasteiger partial charge in [0.1, 0.15) is 0 Å². The van der Waals surface area contributed by atoms with Gasteiger partial charge in [-0.05, 0) is 84.3 Å². The van der Waals surface area contributed by atoms with Crippen LogP contribution >= 0.6 is 27.3 Å². The van der Waals surface area contributed by atoms with Crippen LogP contribution in [0.2, 0.25) is 0 Å². The van der Waals surface area contributed by atoms with Gasteiger partial charge in [-0.2, -0.15) is 0 Å². The molecule has 3 fully saturated rings. The summed E-state index contributed by atoms with van der Waals surface area (Å²) in [5, 5.41) is 3.79. The van der Waals surface area contributed by atoms with Crippen LogP contribution in [0.5, 0.6) is 0 Å². The lowest BCUT2D eigenvalue weighted by atomic mass is 9.96. The zero-order valence-electron chi connectivity index (χ0n) is 11.7.